The highest BCUT2D eigenvalue weighted by Gasteiger charge is 2.54. The first-order chi connectivity index (χ1) is 19.7. The van der Waals surface area contributed by atoms with E-state index < -0.39 is 76.2 Å². The molecule has 0 fully saturated rings. The third-order valence-electron chi connectivity index (χ3n) is 8.26. The van der Waals surface area contributed by atoms with Gasteiger partial charge in [0, 0.05) is 17.7 Å². The van der Waals surface area contributed by atoms with Gasteiger partial charge in [-0.05, 0) is 73.7 Å². The minimum absolute atomic E-state index is 0.0934. The molecule has 0 radical (unpaired) electrons. The van der Waals surface area contributed by atoms with E-state index in [0.717, 1.165) is 12.1 Å². The van der Waals surface area contributed by atoms with Crippen LogP contribution in [0.25, 0.3) is 11.1 Å². The van der Waals surface area contributed by atoms with Crippen molar-refractivity contribution in [2.45, 2.75) is 31.8 Å². The largest absolute Gasteiger partial charge is 0.573 e. The summed E-state index contributed by atoms with van der Waals surface area (Å²) in [4.78, 5) is 41.0. The summed E-state index contributed by atoms with van der Waals surface area (Å²) in [6, 6.07) is 5.70. The first-order valence-corrected chi connectivity index (χ1v) is 13.0. The lowest BCUT2D eigenvalue weighted by Crippen LogP contribution is -2.53. The molecule has 3 aliphatic carbocycles. The maximum atomic E-state index is 14.0. The SMILES string of the molecule is CN(C)[C@@H]1C(O)=C(C(N)=O)C(=O)C2C(O)=C3C(=O)c4c(O)c(CN)cc(-c5ccc(OC(F)(F)F)cc5)c4CC3CC21. The number of alkyl halides is 3. The Morgan fingerprint density at radius 3 is 2.29 bits per heavy atom. The number of phenols is 1. The number of hydrogen-bond donors (Lipinski definition) is 5. The van der Waals surface area contributed by atoms with E-state index in [1.165, 1.54) is 12.1 Å². The number of rotatable bonds is 5. The van der Waals surface area contributed by atoms with Gasteiger partial charge in [-0.2, -0.15) is 0 Å². The Morgan fingerprint density at radius 2 is 1.74 bits per heavy atom. The third-order valence-corrected chi connectivity index (χ3v) is 8.26. The van der Waals surface area contributed by atoms with Crippen molar-refractivity contribution in [2.24, 2.45) is 29.2 Å². The molecule has 3 aliphatic rings. The van der Waals surface area contributed by atoms with Gasteiger partial charge in [0.1, 0.15) is 28.6 Å². The number of aromatic hydroxyl groups is 1. The fourth-order valence-electron chi connectivity index (χ4n) is 6.64. The van der Waals surface area contributed by atoms with Gasteiger partial charge in [0.2, 0.25) is 0 Å². The number of ether oxygens (including phenoxy) is 1. The number of Topliss-reactive ketones (excluding diaryl/α,β-unsaturated/α-hetero) is 2. The lowest BCUT2D eigenvalue weighted by Gasteiger charge is -2.46. The maximum Gasteiger partial charge on any atom is 0.573 e. The number of likely N-dealkylation sites (N-methyl/N-ethyl adjacent to an activating group) is 1. The van der Waals surface area contributed by atoms with Gasteiger partial charge < -0.3 is 31.5 Å². The molecule has 0 bridgehead atoms. The van der Waals surface area contributed by atoms with Crippen LogP contribution in [0.1, 0.15) is 27.9 Å². The highest BCUT2D eigenvalue weighted by molar-refractivity contribution is 6.22. The highest BCUT2D eigenvalue weighted by Crippen LogP contribution is 2.52. The molecule has 0 aromatic heterocycles. The second-order valence-corrected chi connectivity index (χ2v) is 10.9. The van der Waals surface area contributed by atoms with Gasteiger partial charge in [-0.25, -0.2) is 0 Å². The zero-order valence-corrected chi connectivity index (χ0v) is 22.5. The predicted molar refractivity (Wildman–Crippen MR) is 142 cm³/mol. The van der Waals surface area contributed by atoms with Gasteiger partial charge in [0.15, 0.2) is 11.6 Å². The molecule has 4 atom stereocenters. The Morgan fingerprint density at radius 1 is 1.10 bits per heavy atom. The molecule has 42 heavy (non-hydrogen) atoms. The van der Waals surface area contributed by atoms with Crippen LogP contribution in [0.4, 0.5) is 13.2 Å². The molecule has 1 amide bonds. The summed E-state index contributed by atoms with van der Waals surface area (Å²) >= 11 is 0. The molecule has 5 rings (SSSR count). The summed E-state index contributed by atoms with van der Waals surface area (Å²) in [5, 5.41) is 33.4. The first kappa shape index (κ1) is 29.1. The van der Waals surface area contributed by atoms with Crippen LogP contribution in [0, 0.1) is 17.8 Å². The number of fused-ring (bicyclic) bond motifs is 3. The minimum atomic E-state index is -4.88. The molecule has 2 aromatic carbocycles. The summed E-state index contributed by atoms with van der Waals surface area (Å²) in [5.41, 5.74) is 11.8. The van der Waals surface area contributed by atoms with Crippen LogP contribution in [0.3, 0.4) is 0 Å². The first-order valence-electron chi connectivity index (χ1n) is 13.0. The molecular weight excluding hydrogens is 559 g/mol. The Kier molecular flexibility index (Phi) is 7.06. The second-order valence-electron chi connectivity index (χ2n) is 10.9. The summed E-state index contributed by atoms with van der Waals surface area (Å²) in [5.74, 6) is -7.41. The number of primary amides is 1. The van der Waals surface area contributed by atoms with Gasteiger partial charge in [-0.3, -0.25) is 19.3 Å². The number of phenolic OH excluding ortho intramolecular Hbond substituents is 1. The van der Waals surface area contributed by atoms with Crippen LogP contribution in [0.2, 0.25) is 0 Å². The molecular formula is C29H28F3N3O7. The number of ketones is 2. The van der Waals surface area contributed by atoms with Crippen molar-refractivity contribution in [2.75, 3.05) is 14.1 Å². The average molecular weight is 588 g/mol. The molecule has 0 saturated carbocycles. The number of benzene rings is 2. The molecule has 0 aliphatic heterocycles. The van der Waals surface area contributed by atoms with Gasteiger partial charge in [0.25, 0.3) is 5.91 Å². The van der Waals surface area contributed by atoms with E-state index in [0.29, 0.717) is 16.7 Å². The maximum absolute atomic E-state index is 14.0. The highest BCUT2D eigenvalue weighted by atomic mass is 19.4. The molecule has 0 spiro atoms. The van der Waals surface area contributed by atoms with Crippen LogP contribution in [0.15, 0.2) is 53.0 Å². The van der Waals surface area contributed by atoms with E-state index in [-0.39, 0.29) is 36.1 Å². The number of carbonyl (C=O) groups excluding carboxylic acids is 3. The van der Waals surface area contributed by atoms with Gasteiger partial charge >= 0.3 is 6.36 Å². The van der Waals surface area contributed by atoms with Crippen molar-refractivity contribution >= 4 is 17.5 Å². The monoisotopic (exact) mass is 587 g/mol. The molecule has 0 saturated heterocycles. The Balaban J connectivity index is 1.66. The summed E-state index contributed by atoms with van der Waals surface area (Å²) in [6.07, 6.45) is -4.62. The Hall–Kier alpha value is -4.36. The van der Waals surface area contributed by atoms with Crippen molar-refractivity contribution in [1.82, 2.24) is 4.90 Å². The minimum Gasteiger partial charge on any atom is -0.511 e. The standard InChI is InChI=1S/C29H28F3N3O7/c1-35(2)22-17-8-12-7-16-15(11-3-5-14(6-4-11)42-29(30,31)32)9-13(10-33)23(36)19(16)24(37)18(12)25(38)20(17)26(39)21(27(22)40)28(34)41/h3-6,9,12,17,20,22,36,38,40H,7-8,10,33H2,1-2H3,(H2,34,41)/t12?,17?,20?,22-/m0/s1. The number of allylic oxidation sites excluding steroid dienone is 2. The third kappa shape index (κ3) is 4.58. The quantitative estimate of drug-likeness (QED) is 0.329. The van der Waals surface area contributed by atoms with Crippen LogP contribution < -0.4 is 16.2 Å². The van der Waals surface area contributed by atoms with Crippen molar-refractivity contribution in [1.29, 1.82) is 0 Å². The molecule has 13 heteroatoms. The number of carbonyl (C=O) groups is 3. The van der Waals surface area contributed by atoms with Crippen LogP contribution in [0.5, 0.6) is 11.5 Å². The lowest BCUT2D eigenvalue weighted by molar-refractivity contribution is -0.274. The molecule has 222 valence electrons. The smallest absolute Gasteiger partial charge is 0.511 e. The van der Waals surface area contributed by atoms with Crippen LogP contribution in [-0.4, -0.2) is 64.2 Å². The Labute approximate surface area is 237 Å². The van der Waals surface area contributed by atoms with Gasteiger partial charge in [0.05, 0.1) is 17.5 Å². The van der Waals surface area contributed by atoms with Crippen LogP contribution >= 0.6 is 0 Å². The predicted octanol–water partition coefficient (Wildman–Crippen LogP) is 3.03. The normalized spacial score (nSPS) is 24.0. The Bertz CT molecular complexity index is 1580. The number of aliphatic hydroxyl groups is 2. The number of halogens is 3. The molecule has 7 N–H and O–H groups in total. The topological polar surface area (TPSA) is 176 Å². The zero-order valence-electron chi connectivity index (χ0n) is 22.5. The van der Waals surface area contributed by atoms with E-state index in [4.69, 9.17) is 11.5 Å². The van der Waals surface area contributed by atoms with E-state index in [2.05, 4.69) is 4.74 Å². The summed E-state index contributed by atoms with van der Waals surface area (Å²) < 4.78 is 42.0. The number of nitrogens with two attached hydrogens (primary N) is 2. The van der Waals surface area contributed by atoms with Gasteiger partial charge in [-0.1, -0.05) is 12.1 Å². The molecule has 2 aromatic rings. The second kappa shape index (κ2) is 10.2. The summed E-state index contributed by atoms with van der Waals surface area (Å²) in [7, 11) is 3.25. The van der Waals surface area contributed by atoms with E-state index in [9.17, 15) is 42.9 Å². The van der Waals surface area contributed by atoms with E-state index >= 15 is 0 Å². The molecule has 0 heterocycles. The molecule has 3 unspecified atom stereocenters. The summed E-state index contributed by atoms with van der Waals surface area (Å²) in [6.45, 7) is -0.178. The number of aliphatic hydroxyl groups excluding tert-OH is 2. The van der Waals surface area contributed by atoms with Crippen LogP contribution in [-0.2, 0) is 22.6 Å². The fraction of sp³-hybridized carbons (Fsp3) is 0.345. The van der Waals surface area contributed by atoms with Crippen molar-refractivity contribution < 1.29 is 47.6 Å². The number of nitrogens with zero attached hydrogens (tertiary/aromatic N) is 1. The van der Waals surface area contributed by atoms with E-state index in [1.807, 2.05) is 0 Å². The van der Waals surface area contributed by atoms with Crippen molar-refractivity contribution in [3.05, 3.63) is 69.7 Å². The number of hydrogen-bond acceptors (Lipinski definition) is 9. The molecule has 10 nitrogen and oxygen atoms in total. The average Bonchev–Trinajstić information content (AvgIpc) is 2.87. The fourth-order valence-corrected chi connectivity index (χ4v) is 6.64. The van der Waals surface area contributed by atoms with Gasteiger partial charge in [-0.15, -0.1) is 13.2 Å². The zero-order chi connectivity index (χ0) is 30.8. The van der Waals surface area contributed by atoms with Crippen molar-refractivity contribution in [3.63, 3.8) is 0 Å². The lowest BCUT2D eigenvalue weighted by atomic mass is 9.60. The number of amides is 1. The van der Waals surface area contributed by atoms with E-state index in [1.54, 1.807) is 25.1 Å². The van der Waals surface area contributed by atoms with Crippen molar-refractivity contribution in [3.8, 4) is 22.6 Å².